The van der Waals surface area contributed by atoms with Gasteiger partial charge in [0.1, 0.15) is 11.3 Å². The number of carbonyl (C=O) groups excluding carboxylic acids is 2. The van der Waals surface area contributed by atoms with Gasteiger partial charge >= 0.3 is 0 Å². The highest BCUT2D eigenvalue weighted by Crippen LogP contribution is 2.25. The van der Waals surface area contributed by atoms with Gasteiger partial charge in [-0.1, -0.05) is 35.9 Å². The molecule has 3 rings (SSSR count). The average Bonchev–Trinajstić information content (AvgIpc) is 2.77. The highest BCUT2D eigenvalue weighted by Gasteiger charge is 2.34. The second kappa shape index (κ2) is 5.54. The van der Waals surface area contributed by atoms with Crippen LogP contribution in [0.15, 0.2) is 54.1 Å². The molecule has 2 N–H and O–H groups in total. The van der Waals surface area contributed by atoms with Crippen molar-refractivity contribution in [3.05, 3.63) is 64.7 Å². The Hall–Kier alpha value is -2.79. The third-order valence-electron chi connectivity index (χ3n) is 3.19. The van der Waals surface area contributed by atoms with Crippen molar-refractivity contribution in [2.24, 2.45) is 0 Å². The van der Waals surface area contributed by atoms with Crippen LogP contribution in [-0.2, 0) is 9.59 Å². The molecule has 110 valence electrons. The van der Waals surface area contributed by atoms with Crippen LogP contribution in [0.25, 0.3) is 6.08 Å². The summed E-state index contributed by atoms with van der Waals surface area (Å²) in [4.78, 5) is 24.4. The van der Waals surface area contributed by atoms with Crippen molar-refractivity contribution >= 4 is 35.2 Å². The number of carbonyl (C=O) groups is 2. The van der Waals surface area contributed by atoms with Crippen molar-refractivity contribution in [1.82, 2.24) is 5.43 Å². The summed E-state index contributed by atoms with van der Waals surface area (Å²) in [5.41, 5.74) is 3.28. The zero-order valence-electron chi connectivity index (χ0n) is 11.3. The van der Waals surface area contributed by atoms with Crippen LogP contribution in [0.1, 0.15) is 5.56 Å². The van der Waals surface area contributed by atoms with Gasteiger partial charge in [-0.05, 0) is 30.3 Å². The summed E-state index contributed by atoms with van der Waals surface area (Å²) in [7, 11) is 0. The molecule has 0 saturated carbocycles. The first-order valence-corrected chi connectivity index (χ1v) is 6.85. The number of nitrogens with zero attached hydrogens (tertiary/aromatic N) is 1. The molecule has 0 bridgehead atoms. The number of benzene rings is 2. The van der Waals surface area contributed by atoms with E-state index in [4.69, 9.17) is 11.6 Å². The number of rotatable bonds is 2. The number of halogens is 1. The third-order valence-corrected chi connectivity index (χ3v) is 3.43. The first-order valence-electron chi connectivity index (χ1n) is 6.47. The largest absolute Gasteiger partial charge is 0.507 e. The molecule has 0 radical (unpaired) electrons. The minimum atomic E-state index is -0.534. The van der Waals surface area contributed by atoms with Crippen LogP contribution in [0.5, 0.6) is 5.75 Å². The molecular formula is C16H11ClN2O3. The molecule has 0 spiro atoms. The summed E-state index contributed by atoms with van der Waals surface area (Å²) in [6.07, 6.45) is 1.36. The van der Waals surface area contributed by atoms with Crippen molar-refractivity contribution in [1.29, 1.82) is 0 Å². The lowest BCUT2D eigenvalue weighted by Crippen LogP contribution is -2.35. The lowest BCUT2D eigenvalue weighted by Gasteiger charge is -2.14. The third kappa shape index (κ3) is 2.54. The Morgan fingerprint density at radius 2 is 1.86 bits per heavy atom. The lowest BCUT2D eigenvalue weighted by atomic mass is 10.1. The fourth-order valence-corrected chi connectivity index (χ4v) is 2.30. The number of phenolic OH excluding ortho intramolecular Hbond substituents is 1. The zero-order chi connectivity index (χ0) is 15.7. The fraction of sp³-hybridized carbons (Fsp3) is 0. The van der Waals surface area contributed by atoms with Crippen molar-refractivity contribution in [2.45, 2.75) is 0 Å². The molecule has 22 heavy (non-hydrogen) atoms. The van der Waals surface area contributed by atoms with E-state index in [0.717, 1.165) is 5.01 Å². The minimum Gasteiger partial charge on any atom is -0.507 e. The molecule has 2 aromatic rings. The van der Waals surface area contributed by atoms with E-state index >= 15 is 0 Å². The van der Waals surface area contributed by atoms with Crippen LogP contribution in [0.3, 0.4) is 0 Å². The summed E-state index contributed by atoms with van der Waals surface area (Å²) in [5.74, 6) is -1.04. The van der Waals surface area contributed by atoms with E-state index in [-0.39, 0.29) is 11.3 Å². The Labute approximate surface area is 131 Å². The molecule has 0 aliphatic carbocycles. The van der Waals surface area contributed by atoms with Crippen LogP contribution in [0.2, 0.25) is 5.02 Å². The Kier molecular flexibility index (Phi) is 3.56. The Morgan fingerprint density at radius 3 is 2.59 bits per heavy atom. The van der Waals surface area contributed by atoms with Gasteiger partial charge < -0.3 is 5.11 Å². The molecule has 6 heteroatoms. The first-order chi connectivity index (χ1) is 10.6. The molecule has 0 unspecified atom stereocenters. The SMILES string of the molecule is O=C1NN(c2cccc(Cl)c2)C(=O)C1=Cc1ccccc1O. The van der Waals surface area contributed by atoms with Gasteiger partial charge in [-0.3, -0.25) is 15.0 Å². The number of amides is 2. The van der Waals surface area contributed by atoms with E-state index in [9.17, 15) is 14.7 Å². The van der Waals surface area contributed by atoms with Gasteiger partial charge in [-0.15, -0.1) is 0 Å². The van der Waals surface area contributed by atoms with Gasteiger partial charge in [0.25, 0.3) is 11.8 Å². The molecule has 0 atom stereocenters. The molecule has 1 saturated heterocycles. The molecule has 0 aromatic heterocycles. The molecule has 1 aliphatic rings. The smallest absolute Gasteiger partial charge is 0.282 e. The number of hydrogen-bond donors (Lipinski definition) is 2. The predicted molar refractivity (Wildman–Crippen MR) is 83.2 cm³/mol. The molecule has 1 fully saturated rings. The maximum atomic E-state index is 12.4. The van der Waals surface area contributed by atoms with Gasteiger partial charge in [0.15, 0.2) is 0 Å². The highest BCUT2D eigenvalue weighted by molar-refractivity contribution is 6.33. The van der Waals surface area contributed by atoms with Crippen molar-refractivity contribution in [2.75, 3.05) is 5.01 Å². The summed E-state index contributed by atoms with van der Waals surface area (Å²) < 4.78 is 0. The summed E-state index contributed by atoms with van der Waals surface area (Å²) >= 11 is 5.90. The van der Waals surface area contributed by atoms with Crippen LogP contribution in [-0.4, -0.2) is 16.9 Å². The van der Waals surface area contributed by atoms with E-state index in [1.54, 1.807) is 42.5 Å². The Balaban J connectivity index is 1.97. The summed E-state index contributed by atoms with van der Waals surface area (Å²) in [6.45, 7) is 0. The van der Waals surface area contributed by atoms with E-state index in [1.165, 1.54) is 12.1 Å². The molecule has 2 aromatic carbocycles. The van der Waals surface area contributed by atoms with Gasteiger partial charge in [0.05, 0.1) is 5.69 Å². The maximum Gasteiger partial charge on any atom is 0.282 e. The Bertz CT molecular complexity index is 801. The number of nitrogens with one attached hydrogen (secondary N) is 1. The van der Waals surface area contributed by atoms with Gasteiger partial charge in [0, 0.05) is 10.6 Å². The maximum absolute atomic E-state index is 12.4. The van der Waals surface area contributed by atoms with Gasteiger partial charge in [-0.2, -0.15) is 0 Å². The highest BCUT2D eigenvalue weighted by atomic mass is 35.5. The van der Waals surface area contributed by atoms with E-state index in [2.05, 4.69) is 5.43 Å². The average molecular weight is 315 g/mol. The Morgan fingerprint density at radius 1 is 1.09 bits per heavy atom. The van der Waals surface area contributed by atoms with Crippen LogP contribution >= 0.6 is 11.6 Å². The van der Waals surface area contributed by atoms with Gasteiger partial charge in [-0.25, -0.2) is 5.01 Å². The van der Waals surface area contributed by atoms with Crippen LogP contribution < -0.4 is 10.4 Å². The van der Waals surface area contributed by atoms with E-state index in [1.807, 2.05) is 0 Å². The van der Waals surface area contributed by atoms with Crippen molar-refractivity contribution in [3.63, 3.8) is 0 Å². The number of para-hydroxylation sites is 1. The van der Waals surface area contributed by atoms with Gasteiger partial charge in [0.2, 0.25) is 0 Å². The minimum absolute atomic E-state index is 0.00296. The summed E-state index contributed by atoms with van der Waals surface area (Å²) in [6, 6.07) is 13.1. The lowest BCUT2D eigenvalue weighted by molar-refractivity contribution is -0.117. The molecule has 2 amide bonds. The monoisotopic (exact) mass is 314 g/mol. The molecule has 5 nitrogen and oxygen atoms in total. The van der Waals surface area contributed by atoms with Crippen LogP contribution in [0.4, 0.5) is 5.69 Å². The molecular weight excluding hydrogens is 304 g/mol. The number of anilines is 1. The van der Waals surface area contributed by atoms with Crippen molar-refractivity contribution in [3.8, 4) is 5.75 Å². The fourth-order valence-electron chi connectivity index (χ4n) is 2.12. The second-order valence-electron chi connectivity index (χ2n) is 4.68. The normalized spacial score (nSPS) is 16.2. The quantitative estimate of drug-likeness (QED) is 0.661. The number of aromatic hydroxyl groups is 1. The van der Waals surface area contributed by atoms with Crippen molar-refractivity contribution < 1.29 is 14.7 Å². The zero-order valence-corrected chi connectivity index (χ0v) is 12.0. The first kappa shape index (κ1) is 14.2. The predicted octanol–water partition coefficient (Wildman–Crippen LogP) is 2.51. The standard InChI is InChI=1S/C16H11ClN2O3/c17-11-5-3-6-12(9-11)19-16(22)13(15(21)18-19)8-10-4-1-2-7-14(10)20/h1-9,20H,(H,18,21). The summed E-state index contributed by atoms with van der Waals surface area (Å²) in [5, 5.41) is 11.3. The molecule has 1 aliphatic heterocycles. The topological polar surface area (TPSA) is 69.6 Å². The van der Waals surface area contributed by atoms with Crippen LogP contribution in [0, 0.1) is 0 Å². The van der Waals surface area contributed by atoms with E-state index < -0.39 is 11.8 Å². The second-order valence-corrected chi connectivity index (χ2v) is 5.11. The number of hydrogen-bond acceptors (Lipinski definition) is 3. The molecule has 1 heterocycles. The van der Waals surface area contributed by atoms with E-state index in [0.29, 0.717) is 16.3 Å². The number of phenols is 1. The number of hydrazine groups is 1.